The Balaban J connectivity index is 0.00000112. The topological polar surface area (TPSA) is 123 Å². The van der Waals surface area contributed by atoms with Gasteiger partial charge in [0, 0.05) is 22.7 Å². The summed E-state index contributed by atoms with van der Waals surface area (Å²) in [7, 11) is 0. The van der Waals surface area contributed by atoms with Gasteiger partial charge in [-0.25, -0.2) is 4.98 Å². The van der Waals surface area contributed by atoms with Gasteiger partial charge in [-0.3, -0.25) is 4.79 Å². The third kappa shape index (κ3) is 3.85. The Labute approximate surface area is 179 Å². The predicted octanol–water partition coefficient (Wildman–Crippen LogP) is 4.38. The molecule has 7 heteroatoms. The van der Waals surface area contributed by atoms with Crippen molar-refractivity contribution in [2.24, 2.45) is 0 Å². The number of anilines is 2. The number of fused-ring (bicyclic) bond motifs is 4. The Kier molecular flexibility index (Phi) is 5.41. The molecule has 0 aliphatic carbocycles. The monoisotopic (exact) mass is 412 g/mol. The van der Waals surface area contributed by atoms with Crippen LogP contribution in [0.2, 0.25) is 0 Å². The Morgan fingerprint density at radius 2 is 1.71 bits per heavy atom. The van der Waals surface area contributed by atoms with Crippen molar-refractivity contribution < 1.29 is 4.79 Å². The minimum Gasteiger partial charge on any atom is -0.383 e. The van der Waals surface area contributed by atoms with Crippen molar-refractivity contribution >= 4 is 50.3 Å². The van der Waals surface area contributed by atoms with Crippen molar-refractivity contribution in [3.63, 3.8) is 0 Å². The third-order valence-electron chi connectivity index (χ3n) is 5.03. The fraction of sp³-hybridized carbons (Fsp3) is 0.125. The molecule has 6 N–H and O–H groups in total. The first kappa shape index (κ1) is 20.2. The van der Waals surface area contributed by atoms with Crippen LogP contribution in [-0.2, 0) is 6.54 Å². The molecule has 1 amide bonds. The van der Waals surface area contributed by atoms with Crippen molar-refractivity contribution in [2.45, 2.75) is 20.4 Å². The summed E-state index contributed by atoms with van der Waals surface area (Å²) < 4.78 is 0. The molecule has 0 radical (unpaired) electrons. The lowest BCUT2D eigenvalue weighted by molar-refractivity contribution is 0.0947. The average molecular weight is 412 g/mol. The average Bonchev–Trinajstić information content (AvgIpc) is 3.23. The smallest absolute Gasteiger partial charge is 0.267 e. The van der Waals surface area contributed by atoms with E-state index in [0.29, 0.717) is 23.6 Å². The van der Waals surface area contributed by atoms with E-state index in [-0.39, 0.29) is 11.9 Å². The predicted molar refractivity (Wildman–Crippen MR) is 127 cm³/mol. The highest BCUT2D eigenvalue weighted by Gasteiger charge is 2.12. The highest BCUT2D eigenvalue weighted by atomic mass is 16.1. The summed E-state index contributed by atoms with van der Waals surface area (Å²) in [6.45, 7) is 4.36. The van der Waals surface area contributed by atoms with Crippen LogP contribution in [0.3, 0.4) is 0 Å². The lowest BCUT2D eigenvalue weighted by atomic mass is 10.1. The maximum atomic E-state index is 12.7. The molecule has 156 valence electrons. The fourth-order valence-electron chi connectivity index (χ4n) is 3.60. The van der Waals surface area contributed by atoms with Gasteiger partial charge in [-0.1, -0.05) is 56.3 Å². The summed E-state index contributed by atoms with van der Waals surface area (Å²) in [5.74, 6) is 0.293. The number of aromatic nitrogens is 3. The van der Waals surface area contributed by atoms with E-state index < -0.39 is 0 Å². The zero-order valence-electron chi connectivity index (χ0n) is 17.4. The number of hydrogen-bond acceptors (Lipinski definition) is 5. The summed E-state index contributed by atoms with van der Waals surface area (Å²) in [6.07, 6.45) is 0. The maximum Gasteiger partial charge on any atom is 0.267 e. The molecular formula is C24H24N6O. The molecule has 0 aliphatic rings. The van der Waals surface area contributed by atoms with Crippen molar-refractivity contribution in [3.8, 4) is 0 Å². The van der Waals surface area contributed by atoms with E-state index in [0.717, 1.165) is 32.6 Å². The molecule has 0 saturated carbocycles. The zero-order chi connectivity index (χ0) is 22.0. The van der Waals surface area contributed by atoms with Gasteiger partial charge in [0.1, 0.15) is 11.5 Å². The lowest BCUT2D eigenvalue weighted by Gasteiger charge is -2.07. The van der Waals surface area contributed by atoms with Crippen molar-refractivity contribution in [1.82, 2.24) is 20.3 Å². The van der Waals surface area contributed by atoms with Gasteiger partial charge in [-0.05, 0) is 29.1 Å². The number of nitrogen functional groups attached to an aromatic ring is 2. The number of rotatable bonds is 3. The van der Waals surface area contributed by atoms with E-state index >= 15 is 0 Å². The molecule has 31 heavy (non-hydrogen) atoms. The minimum absolute atomic E-state index is 0.126. The molecule has 5 aromatic rings. The Morgan fingerprint density at radius 1 is 0.935 bits per heavy atom. The number of carbonyl (C=O) groups is 1. The van der Waals surface area contributed by atoms with Crippen molar-refractivity contribution in [1.29, 1.82) is 0 Å². The molecular weight excluding hydrogens is 388 g/mol. The van der Waals surface area contributed by atoms with E-state index in [1.165, 1.54) is 0 Å². The first-order chi connectivity index (χ1) is 15.1. The van der Waals surface area contributed by atoms with Gasteiger partial charge in [0.15, 0.2) is 0 Å². The SMILES string of the molecule is CC.Nc1nc(N)c2ccc(CNC(=O)c3cc4ccc5ccccc5c4[nH]3)cc2n1. The van der Waals surface area contributed by atoms with Gasteiger partial charge in [0.05, 0.1) is 11.0 Å². The summed E-state index contributed by atoms with van der Waals surface area (Å²) in [4.78, 5) is 24.1. The number of carbonyl (C=O) groups excluding carboxylic acids is 1. The number of aromatic amines is 1. The van der Waals surface area contributed by atoms with Gasteiger partial charge in [0.25, 0.3) is 5.91 Å². The van der Waals surface area contributed by atoms with Gasteiger partial charge >= 0.3 is 0 Å². The lowest BCUT2D eigenvalue weighted by Crippen LogP contribution is -2.23. The van der Waals surface area contributed by atoms with E-state index in [1.807, 2.05) is 62.4 Å². The summed E-state index contributed by atoms with van der Waals surface area (Å²) in [5.41, 5.74) is 14.6. The normalized spacial score (nSPS) is 10.8. The van der Waals surface area contributed by atoms with Crippen LogP contribution in [0.15, 0.2) is 60.7 Å². The molecule has 2 heterocycles. The zero-order valence-corrected chi connectivity index (χ0v) is 17.4. The van der Waals surface area contributed by atoms with Gasteiger partial charge < -0.3 is 21.8 Å². The second-order valence-corrected chi connectivity index (χ2v) is 6.94. The van der Waals surface area contributed by atoms with Crippen LogP contribution >= 0.6 is 0 Å². The highest BCUT2D eigenvalue weighted by Crippen LogP contribution is 2.25. The number of benzene rings is 3. The number of nitrogens with two attached hydrogens (primary N) is 2. The van der Waals surface area contributed by atoms with Crippen LogP contribution in [0.1, 0.15) is 29.9 Å². The second-order valence-electron chi connectivity index (χ2n) is 6.94. The largest absolute Gasteiger partial charge is 0.383 e. The van der Waals surface area contributed by atoms with Crippen LogP contribution in [0.4, 0.5) is 11.8 Å². The quantitative estimate of drug-likeness (QED) is 0.350. The second kappa shape index (κ2) is 8.31. The third-order valence-corrected chi connectivity index (χ3v) is 5.03. The Hall–Kier alpha value is -4.13. The van der Waals surface area contributed by atoms with E-state index in [9.17, 15) is 4.79 Å². The molecule has 0 atom stereocenters. The number of hydrogen-bond donors (Lipinski definition) is 4. The van der Waals surface area contributed by atoms with Crippen LogP contribution in [0.25, 0.3) is 32.6 Å². The van der Waals surface area contributed by atoms with Crippen LogP contribution in [0.5, 0.6) is 0 Å². The molecule has 0 aliphatic heterocycles. The summed E-state index contributed by atoms with van der Waals surface area (Å²) >= 11 is 0. The van der Waals surface area contributed by atoms with Crippen LogP contribution in [-0.4, -0.2) is 20.9 Å². The van der Waals surface area contributed by atoms with Crippen molar-refractivity contribution in [2.75, 3.05) is 11.5 Å². The first-order valence-corrected chi connectivity index (χ1v) is 10.2. The van der Waals surface area contributed by atoms with Crippen LogP contribution < -0.4 is 16.8 Å². The Bertz CT molecular complexity index is 1410. The molecule has 0 saturated heterocycles. The van der Waals surface area contributed by atoms with Gasteiger partial charge in [-0.2, -0.15) is 4.98 Å². The summed E-state index contributed by atoms with van der Waals surface area (Å²) in [5, 5.41) is 6.90. The van der Waals surface area contributed by atoms with E-state index in [4.69, 9.17) is 11.5 Å². The first-order valence-electron chi connectivity index (χ1n) is 10.2. The number of nitrogens with zero attached hydrogens (tertiary/aromatic N) is 2. The van der Waals surface area contributed by atoms with Crippen molar-refractivity contribution in [3.05, 3.63) is 71.9 Å². The number of amides is 1. The maximum absolute atomic E-state index is 12.7. The fourth-order valence-corrected chi connectivity index (χ4v) is 3.60. The molecule has 5 rings (SSSR count). The number of nitrogens with one attached hydrogen (secondary N) is 2. The number of H-pyrrole nitrogens is 1. The molecule has 3 aromatic carbocycles. The molecule has 0 unspecified atom stereocenters. The highest BCUT2D eigenvalue weighted by molar-refractivity contribution is 6.08. The molecule has 7 nitrogen and oxygen atoms in total. The van der Waals surface area contributed by atoms with E-state index in [2.05, 4.69) is 32.4 Å². The summed E-state index contributed by atoms with van der Waals surface area (Å²) in [6, 6.07) is 19.6. The standard InChI is InChI=1S/C22H18N6O.C2H6/c23-20-16-8-5-12(9-17(16)27-22(24)28-20)11-25-21(29)18-10-14-7-6-13-3-1-2-4-15(13)19(14)26-18;1-2/h1-10,26H,11H2,(H,25,29)(H4,23,24,27,28);1-2H3. The van der Waals surface area contributed by atoms with Gasteiger partial charge in [-0.15, -0.1) is 0 Å². The molecule has 0 fully saturated rings. The van der Waals surface area contributed by atoms with Crippen LogP contribution in [0, 0.1) is 0 Å². The van der Waals surface area contributed by atoms with Gasteiger partial charge in [0.2, 0.25) is 5.95 Å². The minimum atomic E-state index is -0.174. The molecule has 2 aromatic heterocycles. The van der Waals surface area contributed by atoms with E-state index in [1.54, 1.807) is 0 Å². The Morgan fingerprint density at radius 3 is 2.55 bits per heavy atom. The molecule has 0 spiro atoms. The molecule has 0 bridgehead atoms.